The summed E-state index contributed by atoms with van der Waals surface area (Å²) >= 11 is 6.24. The lowest BCUT2D eigenvalue weighted by atomic mass is 10.1. The molecular weight excluding hydrogens is 404 g/mol. The molecule has 30 heavy (non-hydrogen) atoms. The van der Waals surface area contributed by atoms with Crippen LogP contribution < -0.4 is 5.69 Å². The Labute approximate surface area is 176 Å². The fourth-order valence-electron chi connectivity index (χ4n) is 4.07. The Kier molecular flexibility index (Phi) is 4.43. The van der Waals surface area contributed by atoms with Crippen molar-refractivity contribution in [2.75, 3.05) is 13.1 Å². The molecule has 1 saturated heterocycles. The van der Waals surface area contributed by atoms with Crippen LogP contribution in [-0.2, 0) is 7.05 Å². The fourth-order valence-corrected chi connectivity index (χ4v) is 4.30. The first-order valence-corrected chi connectivity index (χ1v) is 10.0. The Balaban J connectivity index is 1.40. The summed E-state index contributed by atoms with van der Waals surface area (Å²) in [5.74, 6) is -0.149. The van der Waals surface area contributed by atoms with Crippen LogP contribution >= 0.6 is 11.6 Å². The van der Waals surface area contributed by atoms with E-state index >= 15 is 0 Å². The second-order valence-electron chi connectivity index (χ2n) is 7.40. The number of carbonyl (C=O) groups is 1. The SMILES string of the molecule is Cn1c(=O)n([C@@H]2CCN(C(=O)c3cc(-c4ccccc4Cl)n[nH]3)C2)c2ncccc21. The zero-order valence-corrected chi connectivity index (χ0v) is 17.0. The summed E-state index contributed by atoms with van der Waals surface area (Å²) in [5.41, 5.74) is 3.09. The van der Waals surface area contributed by atoms with Gasteiger partial charge >= 0.3 is 5.69 Å². The molecule has 1 atom stereocenters. The van der Waals surface area contributed by atoms with Gasteiger partial charge in [0.25, 0.3) is 5.91 Å². The average molecular weight is 423 g/mol. The number of nitrogens with zero attached hydrogens (tertiary/aromatic N) is 5. The number of aromatic amines is 1. The van der Waals surface area contributed by atoms with Crippen molar-refractivity contribution in [2.45, 2.75) is 12.5 Å². The van der Waals surface area contributed by atoms with E-state index < -0.39 is 0 Å². The van der Waals surface area contributed by atoms with E-state index in [1.807, 2.05) is 30.3 Å². The summed E-state index contributed by atoms with van der Waals surface area (Å²) in [5, 5.41) is 7.65. The normalized spacial score (nSPS) is 16.5. The van der Waals surface area contributed by atoms with E-state index in [1.165, 1.54) is 0 Å². The number of nitrogens with one attached hydrogen (secondary N) is 1. The van der Waals surface area contributed by atoms with Crippen molar-refractivity contribution in [3.05, 3.63) is 69.9 Å². The van der Waals surface area contributed by atoms with Gasteiger partial charge in [-0.1, -0.05) is 29.8 Å². The van der Waals surface area contributed by atoms with Crippen molar-refractivity contribution in [1.82, 2.24) is 29.2 Å². The Hall–Kier alpha value is -3.39. The van der Waals surface area contributed by atoms with Gasteiger partial charge in [0.2, 0.25) is 0 Å². The largest absolute Gasteiger partial charge is 0.335 e. The first-order valence-electron chi connectivity index (χ1n) is 9.66. The zero-order chi connectivity index (χ0) is 20.8. The fraction of sp³-hybridized carbons (Fsp3) is 0.238. The molecule has 152 valence electrons. The Morgan fingerprint density at radius 1 is 1.23 bits per heavy atom. The molecular formula is C21H19ClN6O2. The van der Waals surface area contributed by atoms with Gasteiger partial charge in [-0.25, -0.2) is 9.78 Å². The number of pyridine rings is 1. The summed E-state index contributed by atoms with van der Waals surface area (Å²) in [7, 11) is 1.74. The van der Waals surface area contributed by atoms with Crippen molar-refractivity contribution in [2.24, 2.45) is 7.05 Å². The molecule has 0 unspecified atom stereocenters. The molecule has 4 heterocycles. The number of imidazole rings is 1. The topological polar surface area (TPSA) is 88.8 Å². The van der Waals surface area contributed by atoms with E-state index in [0.717, 1.165) is 11.1 Å². The summed E-state index contributed by atoms with van der Waals surface area (Å²) in [6.45, 7) is 0.995. The van der Waals surface area contributed by atoms with Gasteiger partial charge in [-0.05, 0) is 30.7 Å². The molecule has 1 N–H and O–H groups in total. The molecule has 0 spiro atoms. The third kappa shape index (κ3) is 2.91. The highest BCUT2D eigenvalue weighted by Crippen LogP contribution is 2.28. The monoisotopic (exact) mass is 422 g/mol. The van der Waals surface area contributed by atoms with Gasteiger partial charge in [0, 0.05) is 31.9 Å². The van der Waals surface area contributed by atoms with E-state index in [2.05, 4.69) is 15.2 Å². The average Bonchev–Trinajstić information content (AvgIpc) is 3.48. The zero-order valence-electron chi connectivity index (χ0n) is 16.2. The minimum atomic E-state index is -0.149. The molecule has 4 aromatic rings. The maximum absolute atomic E-state index is 13.0. The lowest BCUT2D eigenvalue weighted by molar-refractivity contribution is 0.0782. The van der Waals surface area contributed by atoms with Crippen LogP contribution in [-0.4, -0.2) is 48.2 Å². The lowest BCUT2D eigenvalue weighted by Gasteiger charge is -2.16. The van der Waals surface area contributed by atoms with Crippen molar-refractivity contribution < 1.29 is 4.79 Å². The maximum Gasteiger partial charge on any atom is 0.330 e. The Bertz CT molecular complexity index is 1320. The predicted molar refractivity (Wildman–Crippen MR) is 114 cm³/mol. The number of H-pyrrole nitrogens is 1. The molecule has 1 aromatic carbocycles. The molecule has 0 radical (unpaired) electrons. The highest BCUT2D eigenvalue weighted by atomic mass is 35.5. The lowest BCUT2D eigenvalue weighted by Crippen LogP contribution is -2.32. The van der Waals surface area contributed by atoms with Crippen LogP contribution in [0.3, 0.4) is 0 Å². The number of likely N-dealkylation sites (tertiary alicyclic amines) is 1. The summed E-state index contributed by atoms with van der Waals surface area (Å²) < 4.78 is 3.29. The standard InChI is InChI=1S/C21H19ClN6O2/c1-26-18-7-4-9-23-19(18)28(21(26)30)13-8-10-27(12-13)20(29)17-11-16(24-25-17)14-5-2-3-6-15(14)22/h2-7,9,11,13H,8,10,12H2,1H3,(H,24,25)/t13-/m1/s1. The number of amides is 1. The molecule has 0 aliphatic carbocycles. The number of aromatic nitrogens is 5. The van der Waals surface area contributed by atoms with Crippen molar-refractivity contribution in [3.63, 3.8) is 0 Å². The maximum atomic E-state index is 13.0. The second-order valence-corrected chi connectivity index (χ2v) is 7.81. The van der Waals surface area contributed by atoms with E-state index in [1.54, 1.807) is 39.4 Å². The predicted octanol–water partition coefficient (Wildman–Crippen LogP) is 2.87. The van der Waals surface area contributed by atoms with Gasteiger partial charge in [-0.2, -0.15) is 5.10 Å². The van der Waals surface area contributed by atoms with Gasteiger partial charge in [-0.3, -0.25) is 19.0 Å². The van der Waals surface area contributed by atoms with Crippen LogP contribution in [0.15, 0.2) is 53.5 Å². The molecule has 8 nitrogen and oxygen atoms in total. The number of aryl methyl sites for hydroxylation is 1. The van der Waals surface area contributed by atoms with Gasteiger partial charge in [-0.15, -0.1) is 0 Å². The van der Waals surface area contributed by atoms with Crippen molar-refractivity contribution >= 4 is 28.7 Å². The number of hydrogen-bond donors (Lipinski definition) is 1. The first kappa shape index (κ1) is 18.6. The smallest absolute Gasteiger partial charge is 0.330 e. The van der Waals surface area contributed by atoms with Gasteiger partial charge in [0.1, 0.15) is 5.69 Å². The Morgan fingerprint density at radius 2 is 2.07 bits per heavy atom. The number of rotatable bonds is 3. The molecule has 3 aromatic heterocycles. The third-order valence-electron chi connectivity index (χ3n) is 5.62. The van der Waals surface area contributed by atoms with Crippen LogP contribution in [0.25, 0.3) is 22.4 Å². The van der Waals surface area contributed by atoms with Crippen molar-refractivity contribution in [3.8, 4) is 11.3 Å². The molecule has 1 aliphatic rings. The molecule has 0 bridgehead atoms. The molecule has 1 fully saturated rings. The summed E-state index contributed by atoms with van der Waals surface area (Å²) in [4.78, 5) is 31.9. The van der Waals surface area contributed by atoms with Crippen LogP contribution in [0, 0.1) is 0 Å². The van der Waals surface area contributed by atoms with E-state index in [4.69, 9.17) is 11.6 Å². The van der Waals surface area contributed by atoms with Crippen LogP contribution in [0.4, 0.5) is 0 Å². The quantitative estimate of drug-likeness (QED) is 0.549. The van der Waals surface area contributed by atoms with Gasteiger partial charge in [0.15, 0.2) is 5.65 Å². The number of fused-ring (bicyclic) bond motifs is 1. The minimum absolute atomic E-state index is 0.119. The number of carbonyl (C=O) groups excluding carboxylic acids is 1. The Morgan fingerprint density at radius 3 is 2.90 bits per heavy atom. The van der Waals surface area contributed by atoms with Crippen LogP contribution in [0.2, 0.25) is 5.02 Å². The first-order chi connectivity index (χ1) is 14.5. The van der Waals surface area contributed by atoms with Crippen LogP contribution in [0.5, 0.6) is 0 Å². The molecule has 1 amide bonds. The summed E-state index contributed by atoms with van der Waals surface area (Å²) in [6, 6.07) is 12.6. The van der Waals surface area contributed by atoms with Gasteiger partial charge in [0.05, 0.1) is 22.3 Å². The van der Waals surface area contributed by atoms with E-state index in [9.17, 15) is 9.59 Å². The van der Waals surface area contributed by atoms with Crippen molar-refractivity contribution in [1.29, 1.82) is 0 Å². The summed E-state index contributed by atoms with van der Waals surface area (Å²) in [6.07, 6.45) is 2.36. The molecule has 5 rings (SSSR count). The molecule has 9 heteroatoms. The van der Waals surface area contributed by atoms with Crippen LogP contribution in [0.1, 0.15) is 23.0 Å². The molecule has 1 aliphatic heterocycles. The molecule has 0 saturated carbocycles. The third-order valence-corrected chi connectivity index (χ3v) is 5.95. The highest BCUT2D eigenvalue weighted by Gasteiger charge is 2.31. The number of hydrogen-bond acceptors (Lipinski definition) is 4. The highest BCUT2D eigenvalue weighted by molar-refractivity contribution is 6.33. The minimum Gasteiger partial charge on any atom is -0.335 e. The van der Waals surface area contributed by atoms with E-state index in [0.29, 0.717) is 41.6 Å². The second kappa shape index (κ2) is 7.14. The number of halogens is 1. The van der Waals surface area contributed by atoms with E-state index in [-0.39, 0.29) is 17.6 Å². The number of benzene rings is 1. The van der Waals surface area contributed by atoms with Gasteiger partial charge < -0.3 is 4.90 Å².